The summed E-state index contributed by atoms with van der Waals surface area (Å²) in [6.07, 6.45) is 0.884. The number of rotatable bonds is 9. The number of tetrazole rings is 1. The lowest BCUT2D eigenvalue weighted by Crippen LogP contribution is -2.66. The normalized spacial score (nSPS) is 31.6. The molecule has 3 fully saturated rings. The summed E-state index contributed by atoms with van der Waals surface area (Å²) in [7, 11) is 0. The van der Waals surface area contributed by atoms with Gasteiger partial charge in [-0.2, -0.15) is 0 Å². The van der Waals surface area contributed by atoms with E-state index in [2.05, 4.69) is 31.2 Å². The number of carbonyl (C=O) groups excluding carboxylic acids is 3. The van der Waals surface area contributed by atoms with Gasteiger partial charge in [0.15, 0.2) is 5.96 Å². The molecule has 18 heteroatoms. The van der Waals surface area contributed by atoms with Crippen LogP contribution < -0.4 is 22.1 Å². The van der Waals surface area contributed by atoms with E-state index in [9.17, 15) is 29.4 Å². The number of carboxylic acids is 1. The third kappa shape index (κ3) is 5.45. The summed E-state index contributed by atoms with van der Waals surface area (Å²) in [4.78, 5) is 58.5. The number of β-amino-alcohol motifs (C(OH)–C–C–N with tert-alkyl or cyclic N) is 1. The van der Waals surface area contributed by atoms with Gasteiger partial charge in [0, 0.05) is 41.7 Å². The van der Waals surface area contributed by atoms with E-state index in [1.165, 1.54) is 32.6 Å². The summed E-state index contributed by atoms with van der Waals surface area (Å²) in [5, 5.41) is 36.8. The largest absolute Gasteiger partial charge is 0.477 e. The first-order valence-corrected chi connectivity index (χ1v) is 14.1. The van der Waals surface area contributed by atoms with E-state index in [0.717, 1.165) is 0 Å². The van der Waals surface area contributed by atoms with Crippen molar-refractivity contribution in [3.05, 3.63) is 16.9 Å². The highest BCUT2D eigenvalue weighted by Gasteiger charge is 2.60. The van der Waals surface area contributed by atoms with Crippen LogP contribution in [0, 0.1) is 11.8 Å². The molecule has 4 aliphatic rings. The van der Waals surface area contributed by atoms with E-state index in [1.807, 2.05) is 6.92 Å². The zero-order valence-electron chi connectivity index (χ0n) is 22.5. The number of aliphatic hydroxyl groups excluding tert-OH is 1. The highest BCUT2D eigenvalue weighted by molar-refractivity contribution is 8.03. The van der Waals surface area contributed by atoms with Gasteiger partial charge in [-0.25, -0.2) is 14.5 Å². The third-order valence-electron chi connectivity index (χ3n) is 7.98. The van der Waals surface area contributed by atoms with Gasteiger partial charge < -0.3 is 42.1 Å². The average molecular weight is 592 g/mol. The molecule has 8 N–H and O–H groups in total. The number of β-lactam (4-membered cyclic amide) rings is 1. The zero-order chi connectivity index (χ0) is 29.6. The van der Waals surface area contributed by atoms with Gasteiger partial charge in [-0.15, -0.1) is 16.9 Å². The molecule has 0 aromatic carbocycles. The van der Waals surface area contributed by atoms with Gasteiger partial charge in [-0.3, -0.25) is 14.4 Å². The Bertz CT molecular complexity index is 1280. The van der Waals surface area contributed by atoms with E-state index in [4.69, 9.17) is 11.5 Å². The topological polar surface area (TPSA) is 247 Å². The van der Waals surface area contributed by atoms with Crippen LogP contribution in [0.15, 0.2) is 21.9 Å². The van der Waals surface area contributed by atoms with Crippen molar-refractivity contribution in [1.29, 1.82) is 0 Å². The van der Waals surface area contributed by atoms with Gasteiger partial charge in [-0.1, -0.05) is 6.92 Å². The molecule has 3 amide bonds. The van der Waals surface area contributed by atoms with Gasteiger partial charge in [0.1, 0.15) is 18.6 Å². The minimum absolute atomic E-state index is 0.0431. The molecule has 1 aromatic heterocycles. The highest BCUT2D eigenvalue weighted by Crippen LogP contribution is 2.51. The second kappa shape index (κ2) is 11.2. The van der Waals surface area contributed by atoms with Gasteiger partial charge in [0.2, 0.25) is 17.7 Å². The van der Waals surface area contributed by atoms with Crippen molar-refractivity contribution in [2.45, 2.75) is 62.3 Å². The lowest BCUT2D eigenvalue weighted by Gasteiger charge is -2.47. The summed E-state index contributed by atoms with van der Waals surface area (Å²) in [6.45, 7) is 4.27. The van der Waals surface area contributed by atoms with Crippen LogP contribution in [-0.2, 0) is 25.7 Å². The molecule has 0 radical (unpaired) electrons. The van der Waals surface area contributed by atoms with Crippen molar-refractivity contribution in [1.82, 2.24) is 40.6 Å². The fourth-order valence-corrected chi connectivity index (χ4v) is 7.61. The lowest BCUT2D eigenvalue weighted by molar-refractivity contribution is -0.158. The number of aliphatic carboxylic acids is 1. The summed E-state index contributed by atoms with van der Waals surface area (Å²) in [5.74, 6) is -3.13. The number of carboxylic acid groups (broad SMARTS) is 1. The van der Waals surface area contributed by atoms with Crippen molar-refractivity contribution in [2.24, 2.45) is 28.3 Å². The number of nitrogens with one attached hydrogen (secondary N) is 2. The second-order valence-corrected chi connectivity index (χ2v) is 12.1. The number of carbonyl (C=O) groups is 4. The molecule has 4 aliphatic heterocycles. The minimum Gasteiger partial charge on any atom is -0.477 e. The van der Waals surface area contributed by atoms with Crippen LogP contribution in [0.1, 0.15) is 20.3 Å². The third-order valence-corrected chi connectivity index (χ3v) is 9.50. The molecule has 0 spiro atoms. The quantitative estimate of drug-likeness (QED) is 0.0919. The van der Waals surface area contributed by atoms with Crippen molar-refractivity contribution in [3.63, 3.8) is 0 Å². The van der Waals surface area contributed by atoms with E-state index < -0.39 is 42.2 Å². The predicted molar refractivity (Wildman–Crippen MR) is 143 cm³/mol. The number of likely N-dealkylation sites (tertiary alicyclic amines) is 1. The Kier molecular flexibility index (Phi) is 7.89. The van der Waals surface area contributed by atoms with Gasteiger partial charge in [-0.05, 0) is 23.8 Å². The first-order chi connectivity index (χ1) is 19.5. The van der Waals surface area contributed by atoms with E-state index >= 15 is 0 Å². The fraction of sp³-hybridized carbons (Fsp3) is 0.652. The number of nitrogens with two attached hydrogens (primary N) is 2. The van der Waals surface area contributed by atoms with Gasteiger partial charge in [0.05, 0.1) is 30.1 Å². The molecule has 41 heavy (non-hydrogen) atoms. The molecule has 17 nitrogen and oxygen atoms in total. The summed E-state index contributed by atoms with van der Waals surface area (Å²) < 4.78 is 1.26. The smallest absolute Gasteiger partial charge is 0.353 e. The molecule has 8 atom stereocenters. The van der Waals surface area contributed by atoms with Crippen LogP contribution in [0.3, 0.4) is 0 Å². The number of fused-ring (bicyclic) bond motifs is 1. The average Bonchev–Trinajstić information content (AvgIpc) is 3.68. The number of hydrogen-bond donors (Lipinski definition) is 6. The Hall–Kier alpha value is -3.77. The highest BCUT2D eigenvalue weighted by atomic mass is 32.2. The van der Waals surface area contributed by atoms with Crippen LogP contribution in [0.25, 0.3) is 0 Å². The molecule has 0 bridgehead atoms. The number of amides is 3. The summed E-state index contributed by atoms with van der Waals surface area (Å²) in [5.41, 5.74) is 10.8. The maximum Gasteiger partial charge on any atom is 0.353 e. The number of aliphatic imine (C=N–C) groups is 1. The first-order valence-electron chi connectivity index (χ1n) is 13.2. The second-order valence-electron chi connectivity index (χ2n) is 10.8. The lowest BCUT2D eigenvalue weighted by atomic mass is 9.78. The van der Waals surface area contributed by atoms with E-state index in [0.29, 0.717) is 17.9 Å². The molecule has 5 heterocycles. The molecule has 0 aliphatic carbocycles. The molecular formula is C23H33N11O6S. The van der Waals surface area contributed by atoms with E-state index in [-0.39, 0.29) is 60.2 Å². The van der Waals surface area contributed by atoms with Crippen molar-refractivity contribution < 1.29 is 29.4 Å². The van der Waals surface area contributed by atoms with Gasteiger partial charge >= 0.3 is 5.97 Å². The van der Waals surface area contributed by atoms with Crippen LogP contribution in [0.2, 0.25) is 0 Å². The number of nitrogens with zero attached hydrogens (tertiary/aromatic N) is 7. The standard InChI is InChI=1S/C23H33N11O6S/c1-9-17-16(10(2)28-15(36)7-33-8-27-30-31-33)21(38)34(17)18(22(39)40)19(9)41-11-3-12(26-4-11)20(37)32-5-13(14(35)6-32)29-23(24)25/h8-14,16-17,26,35H,3-7H2,1-2H3,(H,28,36)(H,39,40)(H4,24,25,29)/t9-,10?,11+,12+,13-,14+,16-,17-/m1/s1. The SMILES string of the molecule is CC(NC(=O)Cn1cnnn1)[C@H]1C(=O)N2C(C(=O)O)=C(S[C@@H]3CN[C@H](C(=O)N4C[C@H](O)[C@H](N=C(N)N)C4)C3)[C@H](C)[C@H]12. The van der Waals surface area contributed by atoms with Crippen molar-refractivity contribution in [2.75, 3.05) is 19.6 Å². The first kappa shape index (κ1) is 28.7. The fourth-order valence-electron chi connectivity index (χ4n) is 6.13. The van der Waals surface area contributed by atoms with Crippen LogP contribution in [-0.4, -0.2) is 125 Å². The molecule has 5 rings (SSSR count). The Morgan fingerprint density at radius 3 is 2.73 bits per heavy atom. The summed E-state index contributed by atoms with van der Waals surface area (Å²) >= 11 is 1.37. The summed E-state index contributed by atoms with van der Waals surface area (Å²) in [6, 6.07) is -2.04. The van der Waals surface area contributed by atoms with Crippen LogP contribution in [0.4, 0.5) is 0 Å². The molecular weight excluding hydrogens is 558 g/mol. The molecule has 0 saturated carbocycles. The van der Waals surface area contributed by atoms with E-state index in [1.54, 1.807) is 6.92 Å². The molecule has 3 saturated heterocycles. The number of thioether (sulfide) groups is 1. The molecule has 222 valence electrons. The van der Waals surface area contributed by atoms with Crippen molar-refractivity contribution in [3.8, 4) is 0 Å². The Morgan fingerprint density at radius 2 is 2.07 bits per heavy atom. The van der Waals surface area contributed by atoms with Crippen LogP contribution >= 0.6 is 11.8 Å². The van der Waals surface area contributed by atoms with Crippen molar-refractivity contribution >= 4 is 41.4 Å². The minimum atomic E-state index is -1.19. The molecule has 1 aromatic rings. The van der Waals surface area contributed by atoms with Crippen LogP contribution in [0.5, 0.6) is 0 Å². The maximum absolute atomic E-state index is 13.2. The number of hydrogen-bond acceptors (Lipinski definition) is 11. The van der Waals surface area contributed by atoms with Gasteiger partial charge in [0.25, 0.3) is 0 Å². The number of aliphatic hydroxyl groups is 1. The molecule has 1 unspecified atom stereocenters. The Morgan fingerprint density at radius 1 is 1.32 bits per heavy atom. The zero-order valence-corrected chi connectivity index (χ0v) is 23.3. The Balaban J connectivity index is 1.21. The monoisotopic (exact) mass is 591 g/mol. The number of guanidine groups is 1. The Labute approximate surface area is 238 Å². The predicted octanol–water partition coefficient (Wildman–Crippen LogP) is -3.74. The maximum atomic E-state index is 13.2. The number of aromatic nitrogens is 4.